The third-order valence-corrected chi connectivity index (χ3v) is 5.68. The van der Waals surface area contributed by atoms with Gasteiger partial charge in [-0.15, -0.1) is 0 Å². The van der Waals surface area contributed by atoms with Crippen LogP contribution in [0.1, 0.15) is 58.8 Å². The highest BCUT2D eigenvalue weighted by Gasteiger charge is 2.31. The van der Waals surface area contributed by atoms with Crippen LogP contribution in [0, 0.1) is 5.92 Å². The number of piperidine rings is 1. The van der Waals surface area contributed by atoms with Gasteiger partial charge < -0.3 is 5.11 Å². The first kappa shape index (κ1) is 18.4. The first-order valence-electron chi connectivity index (χ1n) is 7.90. The molecule has 1 heterocycles. The Morgan fingerprint density at radius 2 is 1.86 bits per heavy atom. The molecule has 21 heavy (non-hydrogen) atoms. The smallest absolute Gasteiger partial charge is 0.306 e. The lowest BCUT2D eigenvalue weighted by Gasteiger charge is -2.31. The predicted octanol–water partition coefficient (Wildman–Crippen LogP) is 1.98. The van der Waals surface area contributed by atoms with E-state index in [2.05, 4.69) is 11.6 Å². The lowest BCUT2D eigenvalue weighted by Crippen LogP contribution is -2.48. The van der Waals surface area contributed by atoms with Crippen molar-refractivity contribution in [2.45, 2.75) is 64.8 Å². The second-order valence-corrected chi connectivity index (χ2v) is 7.46. The zero-order chi connectivity index (χ0) is 15.9. The summed E-state index contributed by atoms with van der Waals surface area (Å²) in [4.78, 5) is 10.9. The van der Waals surface area contributed by atoms with E-state index in [1.54, 1.807) is 0 Å². The molecule has 1 saturated heterocycles. The minimum absolute atomic E-state index is 0.0165. The minimum atomic E-state index is -3.49. The van der Waals surface area contributed by atoms with Crippen molar-refractivity contribution in [3.05, 3.63) is 0 Å². The normalized spacial score (nSPS) is 19.5. The quantitative estimate of drug-likeness (QED) is 0.680. The van der Waals surface area contributed by atoms with Gasteiger partial charge in [-0.3, -0.25) is 4.79 Å². The lowest BCUT2D eigenvalue weighted by atomic mass is 9.99. The fourth-order valence-electron chi connectivity index (χ4n) is 2.69. The van der Waals surface area contributed by atoms with Crippen molar-refractivity contribution in [3.63, 3.8) is 0 Å². The molecule has 0 saturated carbocycles. The van der Waals surface area contributed by atoms with Gasteiger partial charge in [0.25, 0.3) is 10.2 Å². The average molecular weight is 320 g/mol. The Kier molecular flexibility index (Phi) is 7.62. The molecule has 1 fully saturated rings. The Labute approximate surface area is 128 Å². The number of carboxylic acid groups (broad SMARTS) is 1. The summed E-state index contributed by atoms with van der Waals surface area (Å²) in [6.45, 7) is 4.72. The SMILES string of the molecule is CCCCC(CCC)NS(=O)(=O)N1CCC(C(=O)O)CC1. The van der Waals surface area contributed by atoms with Gasteiger partial charge in [0.2, 0.25) is 0 Å². The van der Waals surface area contributed by atoms with Gasteiger partial charge in [0.15, 0.2) is 0 Å². The Hall–Kier alpha value is -0.660. The zero-order valence-electron chi connectivity index (χ0n) is 13.0. The van der Waals surface area contributed by atoms with Crippen LogP contribution in [0.15, 0.2) is 0 Å². The summed E-state index contributed by atoms with van der Waals surface area (Å²) >= 11 is 0. The van der Waals surface area contributed by atoms with Gasteiger partial charge in [0.05, 0.1) is 5.92 Å². The molecule has 1 atom stereocenters. The first-order chi connectivity index (χ1) is 9.90. The van der Waals surface area contributed by atoms with Gasteiger partial charge in [-0.25, -0.2) is 0 Å². The van der Waals surface area contributed by atoms with Crippen LogP contribution in [0.3, 0.4) is 0 Å². The van der Waals surface area contributed by atoms with Gasteiger partial charge in [0, 0.05) is 19.1 Å². The molecule has 1 rings (SSSR count). The third-order valence-electron chi connectivity index (χ3n) is 4.00. The molecule has 0 aromatic heterocycles. The van der Waals surface area contributed by atoms with Crippen molar-refractivity contribution in [3.8, 4) is 0 Å². The molecule has 124 valence electrons. The molecule has 1 aliphatic heterocycles. The topological polar surface area (TPSA) is 86.7 Å². The van der Waals surface area contributed by atoms with Crippen molar-refractivity contribution in [1.29, 1.82) is 0 Å². The molecule has 0 aliphatic carbocycles. The molecule has 6 nitrogen and oxygen atoms in total. The number of rotatable bonds is 9. The van der Waals surface area contributed by atoms with Crippen LogP contribution in [0.4, 0.5) is 0 Å². The summed E-state index contributed by atoms with van der Waals surface area (Å²) in [5.41, 5.74) is 0. The molecular formula is C14H28N2O4S. The zero-order valence-corrected chi connectivity index (χ0v) is 13.9. The van der Waals surface area contributed by atoms with Crippen LogP contribution in [-0.4, -0.2) is 42.9 Å². The van der Waals surface area contributed by atoms with Crippen LogP contribution in [-0.2, 0) is 15.0 Å². The maximum absolute atomic E-state index is 12.4. The summed E-state index contributed by atoms with van der Waals surface area (Å²) in [6, 6.07) is -0.0165. The summed E-state index contributed by atoms with van der Waals surface area (Å²) in [6.07, 6.45) is 5.48. The Balaban J connectivity index is 2.57. The summed E-state index contributed by atoms with van der Waals surface area (Å²) in [7, 11) is -3.49. The van der Waals surface area contributed by atoms with Crippen LogP contribution in [0.2, 0.25) is 0 Å². The highest BCUT2D eigenvalue weighted by molar-refractivity contribution is 7.87. The molecule has 1 unspecified atom stereocenters. The fourth-order valence-corrected chi connectivity index (χ4v) is 4.19. The number of nitrogens with zero attached hydrogens (tertiary/aromatic N) is 1. The van der Waals surface area contributed by atoms with Gasteiger partial charge in [-0.2, -0.15) is 17.4 Å². The Morgan fingerprint density at radius 3 is 2.33 bits per heavy atom. The van der Waals surface area contributed by atoms with E-state index in [1.807, 2.05) is 6.92 Å². The van der Waals surface area contributed by atoms with Crippen molar-refractivity contribution < 1.29 is 18.3 Å². The largest absolute Gasteiger partial charge is 0.481 e. The highest BCUT2D eigenvalue weighted by Crippen LogP contribution is 2.20. The average Bonchev–Trinajstić information content (AvgIpc) is 2.45. The lowest BCUT2D eigenvalue weighted by molar-refractivity contribution is -0.142. The minimum Gasteiger partial charge on any atom is -0.481 e. The van der Waals surface area contributed by atoms with E-state index < -0.39 is 22.1 Å². The van der Waals surface area contributed by atoms with Crippen molar-refractivity contribution in [2.75, 3.05) is 13.1 Å². The second-order valence-electron chi connectivity index (χ2n) is 5.76. The number of carboxylic acids is 1. The highest BCUT2D eigenvalue weighted by atomic mass is 32.2. The number of nitrogens with one attached hydrogen (secondary N) is 1. The Bertz CT molecular complexity index is 417. The molecule has 0 amide bonds. The van der Waals surface area contributed by atoms with Crippen LogP contribution >= 0.6 is 0 Å². The number of hydrogen-bond acceptors (Lipinski definition) is 3. The van der Waals surface area contributed by atoms with Crippen LogP contribution < -0.4 is 4.72 Å². The summed E-state index contributed by atoms with van der Waals surface area (Å²) in [5.74, 6) is -1.24. The monoisotopic (exact) mass is 320 g/mol. The molecule has 0 radical (unpaired) electrons. The van der Waals surface area contributed by atoms with E-state index in [9.17, 15) is 13.2 Å². The number of aliphatic carboxylic acids is 1. The molecule has 1 aliphatic rings. The summed E-state index contributed by atoms with van der Waals surface area (Å²) < 4.78 is 28.9. The number of carbonyl (C=O) groups is 1. The van der Waals surface area contributed by atoms with Crippen LogP contribution in [0.25, 0.3) is 0 Å². The van der Waals surface area contributed by atoms with Gasteiger partial charge in [-0.05, 0) is 25.7 Å². The molecule has 7 heteroatoms. The third kappa shape index (κ3) is 5.92. The molecule has 2 N–H and O–H groups in total. The van der Waals surface area contributed by atoms with E-state index in [4.69, 9.17) is 5.11 Å². The van der Waals surface area contributed by atoms with Crippen LogP contribution in [0.5, 0.6) is 0 Å². The van der Waals surface area contributed by atoms with Gasteiger partial charge in [-0.1, -0.05) is 33.1 Å². The fraction of sp³-hybridized carbons (Fsp3) is 0.929. The molecule has 0 spiro atoms. The standard InChI is InChI=1S/C14H28N2O4S/c1-3-5-7-13(6-4-2)15-21(19,20)16-10-8-12(9-11-16)14(17)18/h12-13,15H,3-11H2,1-2H3,(H,17,18). The van der Waals surface area contributed by atoms with Gasteiger partial charge in [0.1, 0.15) is 0 Å². The second kappa shape index (κ2) is 8.70. The summed E-state index contributed by atoms with van der Waals surface area (Å²) in [5, 5.41) is 8.96. The van der Waals surface area contributed by atoms with E-state index in [0.29, 0.717) is 25.9 Å². The van der Waals surface area contributed by atoms with E-state index in [-0.39, 0.29) is 6.04 Å². The maximum atomic E-state index is 12.4. The molecule has 0 aromatic carbocycles. The van der Waals surface area contributed by atoms with E-state index >= 15 is 0 Å². The van der Waals surface area contributed by atoms with Crippen molar-refractivity contribution in [1.82, 2.24) is 9.03 Å². The van der Waals surface area contributed by atoms with E-state index in [0.717, 1.165) is 32.1 Å². The molecule has 0 aromatic rings. The maximum Gasteiger partial charge on any atom is 0.306 e. The molecular weight excluding hydrogens is 292 g/mol. The number of hydrogen-bond donors (Lipinski definition) is 2. The van der Waals surface area contributed by atoms with Gasteiger partial charge >= 0.3 is 5.97 Å². The first-order valence-corrected chi connectivity index (χ1v) is 9.34. The van der Waals surface area contributed by atoms with Crippen molar-refractivity contribution >= 4 is 16.2 Å². The predicted molar refractivity (Wildman–Crippen MR) is 82.2 cm³/mol. The molecule has 0 bridgehead atoms. The van der Waals surface area contributed by atoms with Crippen molar-refractivity contribution in [2.24, 2.45) is 5.92 Å². The Morgan fingerprint density at radius 1 is 1.24 bits per heavy atom. The van der Waals surface area contributed by atoms with E-state index in [1.165, 1.54) is 4.31 Å². The number of unbranched alkanes of at least 4 members (excludes halogenated alkanes) is 1.